The van der Waals surface area contributed by atoms with E-state index in [2.05, 4.69) is 0 Å². The zero-order valence-corrected chi connectivity index (χ0v) is 17.8. The fourth-order valence-electron chi connectivity index (χ4n) is 3.71. The van der Waals surface area contributed by atoms with Crippen molar-refractivity contribution in [3.05, 3.63) is 77.9 Å². The average Bonchev–Trinajstić information content (AvgIpc) is 2.96. The number of esters is 1. The summed E-state index contributed by atoms with van der Waals surface area (Å²) in [5, 5.41) is 20.4. The summed E-state index contributed by atoms with van der Waals surface area (Å²) in [5.41, 5.74) is 1.28. The summed E-state index contributed by atoms with van der Waals surface area (Å²) in [7, 11) is 0. The summed E-state index contributed by atoms with van der Waals surface area (Å²) in [6, 6.07) is 13.8. The molecule has 0 fully saturated rings. The molecule has 0 atom stereocenters. The molecule has 2 aliphatic heterocycles. The van der Waals surface area contributed by atoms with Gasteiger partial charge in [0, 0.05) is 16.7 Å². The predicted molar refractivity (Wildman–Crippen MR) is 128 cm³/mol. The summed E-state index contributed by atoms with van der Waals surface area (Å²) in [6.45, 7) is 0. The number of halogens is 2. The zero-order chi connectivity index (χ0) is 18.9. The molecule has 138 valence electrons. The first kappa shape index (κ1) is 23.6. The van der Waals surface area contributed by atoms with E-state index in [1.165, 1.54) is 0 Å². The number of hydrogen-bond acceptors (Lipinski definition) is 5. The number of carbonyl (C=O) groups is 1. The van der Waals surface area contributed by atoms with E-state index in [4.69, 9.17) is 9.47 Å². The van der Waals surface area contributed by atoms with Crippen molar-refractivity contribution in [2.75, 3.05) is 0 Å². The molecule has 3 aromatic carbocycles. The monoisotopic (exact) mass is 632 g/mol. The van der Waals surface area contributed by atoms with Crippen LogP contribution < -0.4 is 4.74 Å². The molecule has 0 bridgehead atoms. The number of ether oxygens (including phenoxy) is 2. The molecule has 1 spiro atoms. The van der Waals surface area contributed by atoms with Crippen LogP contribution in [0.3, 0.4) is 0 Å². The average molecular weight is 632 g/mol. The second kappa shape index (κ2) is 8.50. The van der Waals surface area contributed by atoms with Crippen molar-refractivity contribution < 1.29 is 24.5 Å². The molecular formula is C20H12I2Na2O5. The van der Waals surface area contributed by atoms with Crippen LogP contribution in [-0.2, 0) is 10.3 Å². The Hall–Kier alpha value is -0.01000. The van der Waals surface area contributed by atoms with Gasteiger partial charge >= 0.3 is 65.1 Å². The summed E-state index contributed by atoms with van der Waals surface area (Å²) in [5.74, 6) is 0.546. The molecular weight excluding hydrogens is 620 g/mol. The maximum absolute atomic E-state index is 12.7. The number of benzene rings is 3. The van der Waals surface area contributed by atoms with E-state index in [1.54, 1.807) is 36.4 Å². The molecule has 9 heteroatoms. The van der Waals surface area contributed by atoms with E-state index in [0.717, 1.165) is 0 Å². The van der Waals surface area contributed by atoms with Gasteiger partial charge in [-0.05, 0) is 75.5 Å². The van der Waals surface area contributed by atoms with E-state index < -0.39 is 11.6 Å². The van der Waals surface area contributed by atoms with E-state index in [9.17, 15) is 15.0 Å². The molecule has 29 heavy (non-hydrogen) atoms. The van der Waals surface area contributed by atoms with E-state index in [1.807, 2.05) is 57.3 Å². The van der Waals surface area contributed by atoms with Crippen molar-refractivity contribution >= 4 is 110 Å². The van der Waals surface area contributed by atoms with Crippen molar-refractivity contribution in [1.82, 2.24) is 0 Å². The number of rotatable bonds is 0. The van der Waals surface area contributed by atoms with Crippen LogP contribution in [0.5, 0.6) is 23.0 Å². The van der Waals surface area contributed by atoms with Gasteiger partial charge < -0.3 is 19.7 Å². The normalized spacial score (nSPS) is 14.5. The van der Waals surface area contributed by atoms with Gasteiger partial charge in [-0.1, -0.05) is 18.2 Å². The summed E-state index contributed by atoms with van der Waals surface area (Å²) < 4.78 is 13.1. The van der Waals surface area contributed by atoms with Crippen LogP contribution in [0.15, 0.2) is 48.5 Å². The Labute approximate surface area is 238 Å². The third-order valence-corrected chi connectivity index (χ3v) is 6.97. The third kappa shape index (κ3) is 3.27. The minimum atomic E-state index is -1.20. The SMILES string of the molecule is O=C1OC2(c3ccccc31)c1ccc(O)c(I)c1Oc1c2ccc(O)c1I.[NaH].[NaH]. The molecule has 2 heterocycles. The second-order valence-corrected chi connectivity index (χ2v) is 8.43. The molecule has 5 nitrogen and oxygen atoms in total. The molecule has 3 aromatic rings. The fraction of sp³-hybridized carbons (Fsp3) is 0.0500. The number of fused-ring (bicyclic) bond motifs is 6. The third-order valence-electron chi connectivity index (χ3n) is 4.89. The Balaban J connectivity index is 0.00000120. The number of carbonyl (C=O) groups excluding carboxylic acids is 1. The van der Waals surface area contributed by atoms with Crippen LogP contribution in [0.4, 0.5) is 0 Å². The first-order valence-electron chi connectivity index (χ1n) is 7.99. The van der Waals surface area contributed by atoms with E-state index in [-0.39, 0.29) is 70.6 Å². The van der Waals surface area contributed by atoms with Crippen LogP contribution >= 0.6 is 45.2 Å². The topological polar surface area (TPSA) is 76.0 Å². The molecule has 0 amide bonds. The van der Waals surface area contributed by atoms with Gasteiger partial charge in [-0.2, -0.15) is 0 Å². The first-order chi connectivity index (χ1) is 12.9. The van der Waals surface area contributed by atoms with Crippen molar-refractivity contribution in [1.29, 1.82) is 0 Å². The molecule has 0 unspecified atom stereocenters. The van der Waals surface area contributed by atoms with Gasteiger partial charge in [0.25, 0.3) is 0 Å². The molecule has 0 aliphatic carbocycles. The minimum absolute atomic E-state index is 0. The summed E-state index contributed by atoms with van der Waals surface area (Å²) in [6.07, 6.45) is 0. The van der Waals surface area contributed by atoms with Crippen LogP contribution in [0.2, 0.25) is 0 Å². The maximum atomic E-state index is 12.7. The molecule has 0 aromatic heterocycles. The standard InChI is InChI=1S/C20H10I2O5.2Na.2H/c21-15-13(23)7-5-11-17(15)26-18-12(6-8-14(24)16(18)22)20(11)10-4-2-1-3-9(10)19(25)27-20;;;;/h1-8,23-24H;;;;. The Bertz CT molecular complexity index is 1110. The summed E-state index contributed by atoms with van der Waals surface area (Å²) in [4.78, 5) is 12.7. The van der Waals surface area contributed by atoms with Gasteiger partial charge in [-0.15, -0.1) is 0 Å². The zero-order valence-electron chi connectivity index (χ0n) is 13.5. The van der Waals surface area contributed by atoms with Gasteiger partial charge in [0.1, 0.15) is 11.5 Å². The fourth-order valence-corrected chi connectivity index (χ4v) is 4.87. The first-order valence-corrected chi connectivity index (χ1v) is 10.2. The quantitative estimate of drug-likeness (QED) is 0.226. The van der Waals surface area contributed by atoms with Crippen LogP contribution in [0.25, 0.3) is 0 Å². The van der Waals surface area contributed by atoms with Gasteiger partial charge in [0.05, 0.1) is 12.7 Å². The number of aromatic hydroxyl groups is 2. The number of phenols is 2. The predicted octanol–water partition coefficient (Wildman–Crippen LogP) is 3.58. The Kier molecular flexibility index (Phi) is 6.93. The van der Waals surface area contributed by atoms with Crippen LogP contribution in [-0.4, -0.2) is 75.3 Å². The number of phenolic OH excluding ortho intramolecular Hbond substituents is 2. The van der Waals surface area contributed by atoms with Crippen LogP contribution in [0, 0.1) is 7.14 Å². The van der Waals surface area contributed by atoms with E-state index >= 15 is 0 Å². The molecule has 2 N–H and O–H groups in total. The van der Waals surface area contributed by atoms with Gasteiger partial charge in [0.15, 0.2) is 17.1 Å². The van der Waals surface area contributed by atoms with Gasteiger partial charge in [0.2, 0.25) is 0 Å². The van der Waals surface area contributed by atoms with Crippen molar-refractivity contribution in [3.8, 4) is 23.0 Å². The Morgan fingerprint density at radius 3 is 1.83 bits per heavy atom. The second-order valence-electron chi connectivity index (χ2n) is 6.27. The van der Waals surface area contributed by atoms with Crippen molar-refractivity contribution in [2.24, 2.45) is 0 Å². The Morgan fingerprint density at radius 2 is 1.28 bits per heavy atom. The molecule has 0 radical (unpaired) electrons. The van der Waals surface area contributed by atoms with Gasteiger partial charge in [-0.25, -0.2) is 4.79 Å². The molecule has 0 saturated carbocycles. The van der Waals surface area contributed by atoms with Crippen molar-refractivity contribution in [3.63, 3.8) is 0 Å². The number of hydrogen-bond donors (Lipinski definition) is 2. The molecule has 5 rings (SSSR count). The van der Waals surface area contributed by atoms with Crippen LogP contribution in [0.1, 0.15) is 27.0 Å². The summed E-state index contributed by atoms with van der Waals surface area (Å²) >= 11 is 4.00. The van der Waals surface area contributed by atoms with E-state index in [0.29, 0.717) is 40.9 Å². The molecule has 2 aliphatic rings. The van der Waals surface area contributed by atoms with Gasteiger partial charge in [-0.3, -0.25) is 0 Å². The van der Waals surface area contributed by atoms with Crippen molar-refractivity contribution in [2.45, 2.75) is 5.60 Å². The molecule has 0 saturated heterocycles. The Morgan fingerprint density at radius 1 is 0.759 bits per heavy atom.